The third-order valence-electron chi connectivity index (χ3n) is 3.29. The summed E-state index contributed by atoms with van der Waals surface area (Å²) in [5.74, 6) is 0.636. The van der Waals surface area contributed by atoms with Crippen molar-refractivity contribution < 1.29 is 14.3 Å². The quantitative estimate of drug-likeness (QED) is 0.684. The Morgan fingerprint density at radius 1 is 1.35 bits per heavy atom. The molecule has 0 N–H and O–H groups in total. The van der Waals surface area contributed by atoms with Gasteiger partial charge in [0.2, 0.25) is 0 Å². The molecule has 2 aliphatic heterocycles. The van der Waals surface area contributed by atoms with Crippen molar-refractivity contribution in [3.8, 4) is 5.75 Å². The molecule has 0 radical (unpaired) electrons. The summed E-state index contributed by atoms with van der Waals surface area (Å²) >= 11 is 0. The summed E-state index contributed by atoms with van der Waals surface area (Å²) in [4.78, 5) is 14.3. The van der Waals surface area contributed by atoms with Crippen molar-refractivity contribution >= 4 is 5.91 Å². The zero-order valence-corrected chi connectivity index (χ0v) is 9.97. The minimum absolute atomic E-state index is 0.00870. The number of fused-ring (bicyclic) bond motifs is 2. The average Bonchev–Trinajstić information content (AvgIpc) is 2.52. The van der Waals surface area contributed by atoms with Crippen LogP contribution >= 0.6 is 0 Å². The zero-order valence-electron chi connectivity index (χ0n) is 9.97. The Morgan fingerprint density at radius 3 is 2.94 bits per heavy atom. The number of nitrogens with zero attached hydrogens (tertiary/aromatic N) is 1. The minimum Gasteiger partial charge on any atom is -0.488 e. The van der Waals surface area contributed by atoms with Crippen molar-refractivity contribution in [2.24, 2.45) is 0 Å². The monoisotopic (exact) mass is 233 g/mol. The normalized spacial score (nSPS) is 25.9. The lowest BCUT2D eigenvalue weighted by atomic mass is 10.0. The van der Waals surface area contributed by atoms with Crippen molar-refractivity contribution in [2.45, 2.75) is 25.6 Å². The van der Waals surface area contributed by atoms with Gasteiger partial charge in [0.15, 0.2) is 6.23 Å². The molecule has 2 heterocycles. The Balaban J connectivity index is 2.07. The number of rotatable bonds is 0. The van der Waals surface area contributed by atoms with E-state index in [-0.39, 0.29) is 17.7 Å². The van der Waals surface area contributed by atoms with Gasteiger partial charge in [-0.05, 0) is 26.0 Å². The second-order valence-corrected chi connectivity index (χ2v) is 5.06. The molecule has 0 saturated carbocycles. The molecule has 1 fully saturated rings. The van der Waals surface area contributed by atoms with Crippen LogP contribution in [0.3, 0.4) is 0 Å². The second kappa shape index (κ2) is 3.47. The number of hydrogen-bond donors (Lipinski definition) is 0. The highest BCUT2D eigenvalue weighted by Crippen LogP contribution is 2.34. The average molecular weight is 233 g/mol. The zero-order chi connectivity index (χ0) is 12.0. The van der Waals surface area contributed by atoms with E-state index in [4.69, 9.17) is 9.47 Å². The fourth-order valence-corrected chi connectivity index (χ4v) is 2.42. The molecule has 2 aliphatic rings. The van der Waals surface area contributed by atoms with E-state index in [1.165, 1.54) is 0 Å². The van der Waals surface area contributed by atoms with Crippen LogP contribution in [0.2, 0.25) is 0 Å². The molecule has 4 nitrogen and oxygen atoms in total. The van der Waals surface area contributed by atoms with Gasteiger partial charge in [-0.1, -0.05) is 12.1 Å². The van der Waals surface area contributed by atoms with E-state index in [1.54, 1.807) is 11.0 Å². The van der Waals surface area contributed by atoms with Crippen LogP contribution < -0.4 is 4.74 Å². The SMILES string of the molecule is CC1(C)COC2COc3ccccc3C(=O)N21. The first-order valence-corrected chi connectivity index (χ1v) is 5.77. The highest BCUT2D eigenvalue weighted by atomic mass is 16.6. The molecule has 17 heavy (non-hydrogen) atoms. The summed E-state index contributed by atoms with van der Waals surface area (Å²) in [6.07, 6.45) is -0.273. The first kappa shape index (κ1) is 10.6. The molecule has 1 amide bonds. The van der Waals surface area contributed by atoms with Crippen LogP contribution in [0.5, 0.6) is 5.75 Å². The lowest BCUT2D eigenvalue weighted by Crippen LogP contribution is -2.48. The number of ether oxygens (including phenoxy) is 2. The molecule has 1 aromatic carbocycles. The number of amides is 1. The van der Waals surface area contributed by atoms with E-state index < -0.39 is 0 Å². The van der Waals surface area contributed by atoms with Gasteiger partial charge in [-0.15, -0.1) is 0 Å². The molecule has 1 aromatic rings. The van der Waals surface area contributed by atoms with E-state index in [1.807, 2.05) is 32.0 Å². The predicted octanol–water partition coefficient (Wildman–Crippen LogP) is 1.66. The largest absolute Gasteiger partial charge is 0.488 e. The van der Waals surface area contributed by atoms with E-state index >= 15 is 0 Å². The molecule has 0 spiro atoms. The third kappa shape index (κ3) is 1.52. The fraction of sp³-hybridized carbons (Fsp3) is 0.462. The Hall–Kier alpha value is -1.55. The summed E-state index contributed by atoms with van der Waals surface area (Å²) in [7, 11) is 0. The van der Waals surface area contributed by atoms with Crippen molar-refractivity contribution in [3.63, 3.8) is 0 Å². The van der Waals surface area contributed by atoms with Crippen LogP contribution in [0.25, 0.3) is 0 Å². The van der Waals surface area contributed by atoms with Gasteiger partial charge in [0.25, 0.3) is 5.91 Å². The van der Waals surface area contributed by atoms with Gasteiger partial charge in [-0.2, -0.15) is 0 Å². The summed E-state index contributed by atoms with van der Waals surface area (Å²) < 4.78 is 11.3. The number of benzene rings is 1. The summed E-state index contributed by atoms with van der Waals surface area (Å²) in [6.45, 7) is 4.97. The highest BCUT2D eigenvalue weighted by Gasteiger charge is 2.46. The molecule has 0 aromatic heterocycles. The lowest BCUT2D eigenvalue weighted by Gasteiger charge is -2.31. The van der Waals surface area contributed by atoms with Crippen molar-refractivity contribution in [3.05, 3.63) is 29.8 Å². The Bertz CT molecular complexity index is 469. The summed E-state index contributed by atoms with van der Waals surface area (Å²) in [5, 5.41) is 0. The lowest BCUT2D eigenvalue weighted by molar-refractivity contribution is 0.00263. The van der Waals surface area contributed by atoms with Crippen LogP contribution in [0.4, 0.5) is 0 Å². The van der Waals surface area contributed by atoms with Crippen LogP contribution in [0, 0.1) is 0 Å². The van der Waals surface area contributed by atoms with E-state index in [2.05, 4.69) is 0 Å². The van der Waals surface area contributed by atoms with Crippen molar-refractivity contribution in [2.75, 3.05) is 13.2 Å². The van der Waals surface area contributed by atoms with Gasteiger partial charge in [-0.25, -0.2) is 0 Å². The predicted molar refractivity (Wildman–Crippen MR) is 61.9 cm³/mol. The Morgan fingerprint density at radius 2 is 2.12 bits per heavy atom. The molecule has 3 rings (SSSR count). The Labute approximate surface area is 100 Å². The van der Waals surface area contributed by atoms with Gasteiger partial charge in [0, 0.05) is 0 Å². The third-order valence-corrected chi connectivity index (χ3v) is 3.29. The van der Waals surface area contributed by atoms with E-state index in [0.29, 0.717) is 24.5 Å². The van der Waals surface area contributed by atoms with Gasteiger partial charge in [0.1, 0.15) is 12.4 Å². The van der Waals surface area contributed by atoms with Crippen molar-refractivity contribution in [1.82, 2.24) is 4.90 Å². The van der Waals surface area contributed by atoms with Gasteiger partial charge >= 0.3 is 0 Å². The molecular formula is C13H15NO3. The standard InChI is InChI=1S/C13H15NO3/c1-13(2)8-17-11-7-16-10-6-4-3-5-9(10)12(15)14(11)13/h3-6,11H,7-8H2,1-2H3. The van der Waals surface area contributed by atoms with E-state index in [9.17, 15) is 4.79 Å². The fourth-order valence-electron chi connectivity index (χ4n) is 2.42. The maximum atomic E-state index is 12.5. The molecule has 90 valence electrons. The van der Waals surface area contributed by atoms with Gasteiger partial charge in [-0.3, -0.25) is 4.79 Å². The number of hydrogen-bond acceptors (Lipinski definition) is 3. The number of para-hydroxylation sites is 1. The second-order valence-electron chi connectivity index (χ2n) is 5.06. The first-order valence-electron chi connectivity index (χ1n) is 5.77. The molecular weight excluding hydrogens is 218 g/mol. The molecule has 0 aliphatic carbocycles. The maximum Gasteiger partial charge on any atom is 0.260 e. The molecule has 4 heteroatoms. The van der Waals surface area contributed by atoms with Gasteiger partial charge in [0.05, 0.1) is 17.7 Å². The van der Waals surface area contributed by atoms with Crippen LogP contribution in [0.1, 0.15) is 24.2 Å². The summed E-state index contributed by atoms with van der Waals surface area (Å²) in [5.41, 5.74) is 0.344. The number of carbonyl (C=O) groups excluding carboxylic acids is 1. The van der Waals surface area contributed by atoms with Crippen LogP contribution in [-0.4, -0.2) is 35.8 Å². The first-order chi connectivity index (χ1) is 8.09. The molecule has 1 saturated heterocycles. The molecule has 1 unspecified atom stereocenters. The minimum atomic E-state index is -0.275. The molecule has 1 atom stereocenters. The smallest absolute Gasteiger partial charge is 0.260 e. The number of carbonyl (C=O) groups is 1. The van der Waals surface area contributed by atoms with Crippen molar-refractivity contribution in [1.29, 1.82) is 0 Å². The molecule has 0 bridgehead atoms. The van der Waals surface area contributed by atoms with Crippen LogP contribution in [-0.2, 0) is 4.74 Å². The van der Waals surface area contributed by atoms with Crippen LogP contribution in [0.15, 0.2) is 24.3 Å². The van der Waals surface area contributed by atoms with E-state index in [0.717, 1.165) is 0 Å². The Kier molecular flexibility index (Phi) is 2.16. The van der Waals surface area contributed by atoms with Gasteiger partial charge < -0.3 is 14.4 Å². The maximum absolute atomic E-state index is 12.5. The summed E-state index contributed by atoms with van der Waals surface area (Å²) in [6, 6.07) is 7.34. The highest BCUT2D eigenvalue weighted by molar-refractivity contribution is 5.98. The topological polar surface area (TPSA) is 38.8 Å².